The summed E-state index contributed by atoms with van der Waals surface area (Å²) in [7, 11) is 0. The molecule has 6 nitrogen and oxygen atoms in total. The number of ether oxygens (including phenoxy) is 1. The monoisotopic (exact) mass is 346 g/mol. The zero-order chi connectivity index (χ0) is 17.1. The molecule has 1 spiro atoms. The van der Waals surface area contributed by atoms with Gasteiger partial charge in [-0.3, -0.25) is 0 Å². The molecule has 3 aliphatic heterocycles. The van der Waals surface area contributed by atoms with Gasteiger partial charge >= 0.3 is 0 Å². The molecule has 3 fully saturated rings. The van der Waals surface area contributed by atoms with Crippen molar-refractivity contribution >= 4 is 11.6 Å². The van der Waals surface area contributed by atoms with E-state index >= 15 is 0 Å². The van der Waals surface area contributed by atoms with Crippen molar-refractivity contribution in [2.24, 2.45) is 5.41 Å². The molecule has 0 saturated carbocycles. The van der Waals surface area contributed by atoms with E-state index in [9.17, 15) is 5.11 Å². The molecule has 3 aliphatic rings. The van der Waals surface area contributed by atoms with Crippen LogP contribution in [-0.2, 0) is 4.74 Å². The molecule has 4 rings (SSSR count). The number of piperidine rings is 2. The van der Waals surface area contributed by atoms with Crippen LogP contribution in [0.1, 0.15) is 44.9 Å². The fourth-order valence-corrected chi connectivity index (χ4v) is 4.67. The molecule has 4 heterocycles. The summed E-state index contributed by atoms with van der Waals surface area (Å²) in [5.41, 5.74) is 0.499. The highest BCUT2D eigenvalue weighted by Crippen LogP contribution is 2.41. The Morgan fingerprint density at radius 3 is 2.56 bits per heavy atom. The molecule has 3 saturated heterocycles. The van der Waals surface area contributed by atoms with Crippen LogP contribution in [0.15, 0.2) is 12.4 Å². The van der Waals surface area contributed by atoms with Crippen LogP contribution in [0.5, 0.6) is 0 Å². The van der Waals surface area contributed by atoms with E-state index in [0.29, 0.717) is 5.41 Å². The van der Waals surface area contributed by atoms with Gasteiger partial charge in [0.05, 0.1) is 12.6 Å². The third kappa shape index (κ3) is 3.60. The van der Waals surface area contributed by atoms with E-state index in [4.69, 9.17) is 4.74 Å². The van der Waals surface area contributed by atoms with E-state index in [1.807, 2.05) is 0 Å². The summed E-state index contributed by atoms with van der Waals surface area (Å²) in [5.74, 6) is 2.00. The molecule has 0 aromatic carbocycles. The highest BCUT2D eigenvalue weighted by atomic mass is 16.5. The van der Waals surface area contributed by atoms with Crippen LogP contribution in [0, 0.1) is 5.41 Å². The summed E-state index contributed by atoms with van der Waals surface area (Å²) in [5, 5.41) is 9.68. The number of aromatic nitrogens is 2. The summed E-state index contributed by atoms with van der Waals surface area (Å²) in [4.78, 5) is 13.7. The van der Waals surface area contributed by atoms with Crippen molar-refractivity contribution in [3.63, 3.8) is 0 Å². The summed E-state index contributed by atoms with van der Waals surface area (Å²) < 4.78 is 5.55. The Morgan fingerprint density at radius 1 is 1.04 bits per heavy atom. The lowest BCUT2D eigenvalue weighted by Gasteiger charge is -2.44. The lowest BCUT2D eigenvalue weighted by atomic mass is 9.72. The number of nitrogens with zero attached hydrogens (tertiary/aromatic N) is 4. The molecule has 1 aromatic heterocycles. The van der Waals surface area contributed by atoms with Gasteiger partial charge in [-0.1, -0.05) is 0 Å². The summed E-state index contributed by atoms with van der Waals surface area (Å²) in [6.07, 6.45) is 9.99. The van der Waals surface area contributed by atoms with Crippen LogP contribution < -0.4 is 9.80 Å². The number of hydrogen-bond acceptors (Lipinski definition) is 6. The molecule has 0 bridgehead atoms. The molecule has 0 radical (unpaired) electrons. The van der Waals surface area contributed by atoms with Gasteiger partial charge in [-0.15, -0.1) is 0 Å². The lowest BCUT2D eigenvalue weighted by Crippen LogP contribution is -2.44. The average molecular weight is 346 g/mol. The van der Waals surface area contributed by atoms with E-state index < -0.39 is 0 Å². The number of rotatable bonds is 3. The quantitative estimate of drug-likeness (QED) is 0.906. The number of anilines is 2. The fraction of sp³-hybridized carbons (Fsp3) is 0.789. The molecule has 25 heavy (non-hydrogen) atoms. The summed E-state index contributed by atoms with van der Waals surface area (Å²) >= 11 is 0. The van der Waals surface area contributed by atoms with Gasteiger partial charge in [0.15, 0.2) is 0 Å². The van der Waals surface area contributed by atoms with E-state index in [1.54, 1.807) is 6.33 Å². The van der Waals surface area contributed by atoms with Crippen LogP contribution in [0.4, 0.5) is 11.6 Å². The predicted molar refractivity (Wildman–Crippen MR) is 98.0 cm³/mol. The lowest BCUT2D eigenvalue weighted by molar-refractivity contribution is 0.00206. The Kier molecular flexibility index (Phi) is 5.08. The first-order chi connectivity index (χ1) is 12.3. The van der Waals surface area contributed by atoms with Crippen LogP contribution in [0.2, 0.25) is 0 Å². The van der Waals surface area contributed by atoms with Gasteiger partial charge in [-0.2, -0.15) is 0 Å². The standard InChI is InChI=1S/C19H30N4O2/c24-14-16-3-1-2-8-23(16)18-13-17(20-15-21-18)22-9-4-19(5-10-22)6-11-25-12-7-19/h13,15-16,24H,1-12,14H2. The van der Waals surface area contributed by atoms with Gasteiger partial charge in [0.1, 0.15) is 18.0 Å². The third-order valence-corrected chi connectivity index (χ3v) is 6.47. The maximum absolute atomic E-state index is 9.68. The average Bonchev–Trinajstić information content (AvgIpc) is 2.69. The molecular formula is C19H30N4O2. The second-order valence-corrected chi connectivity index (χ2v) is 7.86. The Bertz CT molecular complexity index is 566. The second-order valence-electron chi connectivity index (χ2n) is 7.86. The normalized spacial score (nSPS) is 26.8. The highest BCUT2D eigenvalue weighted by Gasteiger charge is 2.36. The van der Waals surface area contributed by atoms with Crippen molar-refractivity contribution in [1.29, 1.82) is 0 Å². The molecule has 1 aromatic rings. The largest absolute Gasteiger partial charge is 0.394 e. The Balaban J connectivity index is 1.45. The summed E-state index contributed by atoms with van der Waals surface area (Å²) in [6.45, 7) is 5.17. The first kappa shape index (κ1) is 17.0. The van der Waals surface area contributed by atoms with Gasteiger partial charge in [0.2, 0.25) is 0 Å². The fourth-order valence-electron chi connectivity index (χ4n) is 4.67. The van der Waals surface area contributed by atoms with E-state index in [1.165, 1.54) is 38.5 Å². The summed E-state index contributed by atoms with van der Waals surface area (Å²) in [6, 6.07) is 2.32. The Hall–Kier alpha value is -1.40. The maximum atomic E-state index is 9.68. The van der Waals surface area contributed by atoms with Crippen LogP contribution >= 0.6 is 0 Å². The maximum Gasteiger partial charge on any atom is 0.134 e. The van der Waals surface area contributed by atoms with Crippen LogP contribution in [-0.4, -0.2) is 60.6 Å². The van der Waals surface area contributed by atoms with Gasteiger partial charge in [0, 0.05) is 38.9 Å². The van der Waals surface area contributed by atoms with Crippen molar-refractivity contribution in [2.75, 3.05) is 49.3 Å². The van der Waals surface area contributed by atoms with Gasteiger partial charge < -0.3 is 19.6 Å². The minimum Gasteiger partial charge on any atom is -0.394 e. The van der Waals surface area contributed by atoms with Crippen molar-refractivity contribution in [3.8, 4) is 0 Å². The molecule has 6 heteroatoms. The zero-order valence-corrected chi connectivity index (χ0v) is 15.1. The smallest absolute Gasteiger partial charge is 0.134 e. The molecule has 0 aliphatic carbocycles. The van der Waals surface area contributed by atoms with E-state index in [-0.39, 0.29) is 12.6 Å². The van der Waals surface area contributed by atoms with Crippen molar-refractivity contribution in [2.45, 2.75) is 51.0 Å². The molecular weight excluding hydrogens is 316 g/mol. The predicted octanol–water partition coefficient (Wildman–Crippen LogP) is 2.22. The van der Waals surface area contributed by atoms with Crippen molar-refractivity contribution in [3.05, 3.63) is 12.4 Å². The Morgan fingerprint density at radius 2 is 1.80 bits per heavy atom. The van der Waals surface area contributed by atoms with Crippen LogP contribution in [0.25, 0.3) is 0 Å². The first-order valence-corrected chi connectivity index (χ1v) is 9.82. The molecule has 1 N–H and O–H groups in total. The highest BCUT2D eigenvalue weighted by molar-refractivity contribution is 5.51. The van der Waals surface area contributed by atoms with Crippen LogP contribution in [0.3, 0.4) is 0 Å². The molecule has 1 unspecified atom stereocenters. The van der Waals surface area contributed by atoms with Gasteiger partial charge in [-0.05, 0) is 50.4 Å². The minimum atomic E-state index is 0.198. The molecule has 138 valence electrons. The van der Waals surface area contributed by atoms with Gasteiger partial charge in [0.25, 0.3) is 0 Å². The second kappa shape index (κ2) is 7.46. The number of aliphatic hydroxyl groups excluding tert-OH is 1. The van der Waals surface area contributed by atoms with E-state index in [0.717, 1.165) is 50.9 Å². The van der Waals surface area contributed by atoms with E-state index in [2.05, 4.69) is 25.8 Å². The Labute approximate surface area is 150 Å². The topological polar surface area (TPSA) is 61.7 Å². The minimum absolute atomic E-state index is 0.198. The number of aliphatic hydroxyl groups is 1. The first-order valence-electron chi connectivity index (χ1n) is 9.82. The SMILES string of the molecule is OCC1CCCCN1c1cc(N2CCC3(CCOCC3)CC2)ncn1. The zero-order valence-electron chi connectivity index (χ0n) is 15.1. The molecule has 0 amide bonds. The van der Waals surface area contributed by atoms with Crippen molar-refractivity contribution in [1.82, 2.24) is 9.97 Å². The molecule has 1 atom stereocenters. The number of hydrogen-bond donors (Lipinski definition) is 1. The van der Waals surface area contributed by atoms with Gasteiger partial charge in [-0.25, -0.2) is 9.97 Å². The van der Waals surface area contributed by atoms with Crippen molar-refractivity contribution < 1.29 is 9.84 Å². The third-order valence-electron chi connectivity index (χ3n) is 6.47.